The summed E-state index contributed by atoms with van der Waals surface area (Å²) < 4.78 is 0. The third kappa shape index (κ3) is 5.80. The number of benzene rings is 3. The maximum atomic E-state index is 12.9. The monoisotopic (exact) mass is 372 g/mol. The summed E-state index contributed by atoms with van der Waals surface area (Å²) in [5.41, 5.74) is 3.12. The predicted molar refractivity (Wildman–Crippen MR) is 115 cm³/mol. The van der Waals surface area contributed by atoms with E-state index in [1.807, 2.05) is 78.9 Å². The van der Waals surface area contributed by atoms with Crippen LogP contribution < -0.4 is 0 Å². The quantitative estimate of drug-likeness (QED) is 0.416. The van der Waals surface area contributed by atoms with Crippen LogP contribution in [0.3, 0.4) is 0 Å². The van der Waals surface area contributed by atoms with Gasteiger partial charge in [0.1, 0.15) is 0 Å². The van der Waals surface area contributed by atoms with Crippen LogP contribution in [0, 0.1) is 0 Å². The van der Waals surface area contributed by atoms with E-state index in [4.69, 9.17) is 11.6 Å². The highest BCUT2D eigenvalue weighted by Gasteiger charge is 2.16. The topological polar surface area (TPSA) is 17.1 Å². The van der Waals surface area contributed by atoms with E-state index in [0.29, 0.717) is 11.4 Å². The second-order valence-corrected chi connectivity index (χ2v) is 6.74. The van der Waals surface area contributed by atoms with Gasteiger partial charge >= 0.3 is 0 Å². The van der Waals surface area contributed by atoms with Crippen LogP contribution >= 0.6 is 11.6 Å². The molecule has 0 saturated carbocycles. The second kappa shape index (κ2) is 9.70. The smallest absolute Gasteiger partial charge is 0.163 e. The van der Waals surface area contributed by atoms with Crippen LogP contribution in [0.25, 0.3) is 12.2 Å². The SMILES string of the molecule is O=C(/C=C/c1ccc(Cl)cc1)C(C/C=C/c1ccccc1)c1ccccc1. The van der Waals surface area contributed by atoms with Crippen molar-refractivity contribution in [2.24, 2.45) is 0 Å². The average Bonchev–Trinajstić information content (AvgIpc) is 2.72. The Bertz CT molecular complexity index is 910. The number of carbonyl (C=O) groups excluding carboxylic acids is 1. The average molecular weight is 373 g/mol. The van der Waals surface area contributed by atoms with Crippen LogP contribution in [0.4, 0.5) is 0 Å². The summed E-state index contributed by atoms with van der Waals surface area (Å²) in [6.07, 6.45) is 8.29. The molecule has 134 valence electrons. The van der Waals surface area contributed by atoms with Gasteiger partial charge in [-0.05, 0) is 41.3 Å². The number of allylic oxidation sites excluding steroid dienone is 2. The lowest BCUT2D eigenvalue weighted by atomic mass is 9.90. The lowest BCUT2D eigenvalue weighted by molar-refractivity contribution is -0.115. The molecule has 0 saturated heterocycles. The zero-order valence-electron chi connectivity index (χ0n) is 15.0. The molecule has 0 aliphatic carbocycles. The van der Waals surface area contributed by atoms with Gasteiger partial charge in [0.2, 0.25) is 0 Å². The van der Waals surface area contributed by atoms with Gasteiger partial charge in [0, 0.05) is 5.02 Å². The van der Waals surface area contributed by atoms with Gasteiger partial charge in [0.15, 0.2) is 5.78 Å². The van der Waals surface area contributed by atoms with Crippen molar-refractivity contribution < 1.29 is 4.79 Å². The number of hydrogen-bond acceptors (Lipinski definition) is 1. The molecule has 0 aromatic heterocycles. The van der Waals surface area contributed by atoms with E-state index in [-0.39, 0.29) is 11.7 Å². The van der Waals surface area contributed by atoms with Gasteiger partial charge in [0.25, 0.3) is 0 Å². The van der Waals surface area contributed by atoms with Crippen molar-refractivity contribution in [3.05, 3.63) is 119 Å². The maximum Gasteiger partial charge on any atom is 0.163 e. The van der Waals surface area contributed by atoms with Crippen molar-refractivity contribution in [3.8, 4) is 0 Å². The van der Waals surface area contributed by atoms with Gasteiger partial charge in [-0.3, -0.25) is 4.79 Å². The minimum Gasteiger partial charge on any atom is -0.294 e. The normalized spacial score (nSPS) is 12.5. The molecule has 27 heavy (non-hydrogen) atoms. The Kier molecular flexibility index (Phi) is 6.78. The molecule has 1 atom stereocenters. The highest BCUT2D eigenvalue weighted by molar-refractivity contribution is 6.30. The number of ketones is 1. The molecule has 3 aromatic rings. The van der Waals surface area contributed by atoms with Crippen LogP contribution in [-0.2, 0) is 4.79 Å². The number of hydrogen-bond donors (Lipinski definition) is 0. The highest BCUT2D eigenvalue weighted by atomic mass is 35.5. The van der Waals surface area contributed by atoms with Crippen molar-refractivity contribution in [1.82, 2.24) is 0 Å². The van der Waals surface area contributed by atoms with Gasteiger partial charge in [-0.1, -0.05) is 103 Å². The Morgan fingerprint density at radius 3 is 2.04 bits per heavy atom. The van der Waals surface area contributed by atoms with Gasteiger partial charge < -0.3 is 0 Å². The maximum absolute atomic E-state index is 12.9. The first kappa shape index (κ1) is 18.9. The summed E-state index contributed by atoms with van der Waals surface area (Å²) in [5, 5.41) is 0.687. The summed E-state index contributed by atoms with van der Waals surface area (Å²) >= 11 is 5.91. The molecule has 2 heteroatoms. The Hall–Kier alpha value is -2.90. The molecular weight excluding hydrogens is 352 g/mol. The molecule has 0 N–H and O–H groups in total. The number of carbonyl (C=O) groups is 1. The molecule has 0 amide bonds. The zero-order valence-corrected chi connectivity index (χ0v) is 15.7. The fourth-order valence-corrected chi connectivity index (χ4v) is 3.00. The van der Waals surface area contributed by atoms with E-state index in [2.05, 4.69) is 24.3 Å². The minimum atomic E-state index is -0.199. The Morgan fingerprint density at radius 1 is 0.778 bits per heavy atom. The van der Waals surface area contributed by atoms with Crippen molar-refractivity contribution in [1.29, 1.82) is 0 Å². The fraction of sp³-hybridized carbons (Fsp3) is 0.0800. The first-order chi connectivity index (χ1) is 13.2. The molecule has 0 radical (unpaired) electrons. The van der Waals surface area contributed by atoms with Crippen molar-refractivity contribution in [3.63, 3.8) is 0 Å². The van der Waals surface area contributed by atoms with Crippen LogP contribution in [-0.4, -0.2) is 5.78 Å². The molecule has 1 unspecified atom stereocenters. The molecule has 0 aliphatic rings. The van der Waals surface area contributed by atoms with Gasteiger partial charge in [-0.15, -0.1) is 0 Å². The van der Waals surface area contributed by atoms with E-state index in [0.717, 1.165) is 16.7 Å². The number of rotatable bonds is 7. The summed E-state index contributed by atoms with van der Waals surface area (Å²) in [4.78, 5) is 12.9. The molecule has 0 heterocycles. The highest BCUT2D eigenvalue weighted by Crippen LogP contribution is 2.23. The van der Waals surface area contributed by atoms with E-state index in [1.54, 1.807) is 6.08 Å². The molecule has 1 nitrogen and oxygen atoms in total. The molecule has 0 aliphatic heterocycles. The van der Waals surface area contributed by atoms with Gasteiger partial charge in [-0.25, -0.2) is 0 Å². The molecule has 0 fully saturated rings. The molecule has 3 aromatic carbocycles. The van der Waals surface area contributed by atoms with E-state index in [1.165, 1.54) is 0 Å². The molecular formula is C25H21ClO. The second-order valence-electron chi connectivity index (χ2n) is 6.30. The minimum absolute atomic E-state index is 0.0915. The summed E-state index contributed by atoms with van der Waals surface area (Å²) in [6, 6.07) is 27.5. The Labute approximate surface area is 165 Å². The third-order valence-electron chi connectivity index (χ3n) is 4.34. The van der Waals surface area contributed by atoms with Crippen LogP contribution in [0.1, 0.15) is 29.0 Å². The Morgan fingerprint density at radius 2 is 1.37 bits per heavy atom. The molecule has 3 rings (SSSR count). The predicted octanol–water partition coefficient (Wildman–Crippen LogP) is 6.81. The van der Waals surface area contributed by atoms with Crippen molar-refractivity contribution in [2.45, 2.75) is 12.3 Å². The van der Waals surface area contributed by atoms with Gasteiger partial charge in [0.05, 0.1) is 5.92 Å². The van der Waals surface area contributed by atoms with Crippen molar-refractivity contribution >= 4 is 29.5 Å². The molecule has 0 spiro atoms. The first-order valence-corrected chi connectivity index (χ1v) is 9.34. The Balaban J connectivity index is 1.76. The zero-order chi connectivity index (χ0) is 18.9. The van der Waals surface area contributed by atoms with Crippen molar-refractivity contribution in [2.75, 3.05) is 0 Å². The van der Waals surface area contributed by atoms with Gasteiger partial charge in [-0.2, -0.15) is 0 Å². The van der Waals surface area contributed by atoms with E-state index >= 15 is 0 Å². The summed E-state index contributed by atoms with van der Waals surface area (Å²) in [7, 11) is 0. The van der Waals surface area contributed by atoms with Crippen LogP contribution in [0.5, 0.6) is 0 Å². The summed E-state index contributed by atoms with van der Waals surface area (Å²) in [5.74, 6) is -0.108. The largest absolute Gasteiger partial charge is 0.294 e. The third-order valence-corrected chi connectivity index (χ3v) is 4.59. The molecule has 0 bridgehead atoms. The first-order valence-electron chi connectivity index (χ1n) is 8.96. The van der Waals surface area contributed by atoms with Crippen LogP contribution in [0.2, 0.25) is 5.02 Å². The van der Waals surface area contributed by atoms with E-state index < -0.39 is 0 Å². The van der Waals surface area contributed by atoms with Crippen LogP contribution in [0.15, 0.2) is 97.1 Å². The lowest BCUT2D eigenvalue weighted by Crippen LogP contribution is -2.09. The lowest BCUT2D eigenvalue weighted by Gasteiger charge is -2.12. The standard InChI is InChI=1S/C25H21ClO/c26-23-17-14-21(15-18-23)16-19-25(27)24(22-11-5-2-6-12-22)13-7-10-20-8-3-1-4-9-20/h1-12,14-19,24H,13H2/b10-7+,19-16+. The fourth-order valence-electron chi connectivity index (χ4n) is 2.87. The number of halogens is 1. The van der Waals surface area contributed by atoms with E-state index in [9.17, 15) is 4.79 Å². The summed E-state index contributed by atoms with van der Waals surface area (Å²) in [6.45, 7) is 0.